The number of nitrogens with two attached hydrogens (primary N) is 1. The molecule has 0 bridgehead atoms. The Labute approximate surface area is 106 Å². The number of aryl methyl sites for hydroxylation is 1. The average Bonchev–Trinajstić information content (AvgIpc) is 2.38. The van der Waals surface area contributed by atoms with Gasteiger partial charge >= 0.3 is 0 Å². The second-order valence-electron chi connectivity index (χ2n) is 3.96. The first kappa shape index (κ1) is 12.1. The molecule has 0 fully saturated rings. The Kier molecular flexibility index (Phi) is 3.77. The van der Waals surface area contributed by atoms with Crippen LogP contribution in [0.1, 0.15) is 29.7 Å². The van der Waals surface area contributed by atoms with E-state index in [1.807, 2.05) is 36.5 Å². The van der Waals surface area contributed by atoms with Crippen molar-refractivity contribution in [2.24, 2.45) is 5.73 Å². The molecular formula is C14H15ClN2. The van der Waals surface area contributed by atoms with E-state index >= 15 is 0 Å². The topological polar surface area (TPSA) is 38.9 Å². The van der Waals surface area contributed by atoms with Crippen LogP contribution in [0, 0.1) is 0 Å². The second-order valence-corrected chi connectivity index (χ2v) is 4.40. The molecule has 2 aromatic rings. The van der Waals surface area contributed by atoms with Gasteiger partial charge in [0.2, 0.25) is 0 Å². The first-order chi connectivity index (χ1) is 8.22. The number of rotatable bonds is 3. The van der Waals surface area contributed by atoms with Crippen LogP contribution in [0.4, 0.5) is 0 Å². The summed E-state index contributed by atoms with van der Waals surface area (Å²) in [6.07, 6.45) is 4.58. The van der Waals surface area contributed by atoms with E-state index in [4.69, 9.17) is 17.3 Å². The van der Waals surface area contributed by atoms with Gasteiger partial charge in [-0.05, 0) is 41.3 Å². The first-order valence-electron chi connectivity index (χ1n) is 5.66. The smallest absolute Gasteiger partial charge is 0.0556 e. The quantitative estimate of drug-likeness (QED) is 0.902. The minimum atomic E-state index is -0.147. The monoisotopic (exact) mass is 246 g/mol. The number of hydrogen-bond acceptors (Lipinski definition) is 2. The fraction of sp³-hybridized carbons (Fsp3) is 0.214. The number of halogens is 1. The highest BCUT2D eigenvalue weighted by molar-refractivity contribution is 6.30. The standard InChI is InChI=1S/C14H15ClN2/c1-2-10-9-17-7-6-13(10)14(16)11-4-3-5-12(15)8-11/h3-9,14H,2,16H2,1H3. The summed E-state index contributed by atoms with van der Waals surface area (Å²) in [5.74, 6) is 0. The van der Waals surface area contributed by atoms with Gasteiger partial charge in [-0.2, -0.15) is 0 Å². The predicted octanol–water partition coefficient (Wildman–Crippen LogP) is 3.35. The molecule has 1 heterocycles. The lowest BCUT2D eigenvalue weighted by molar-refractivity contribution is 0.844. The van der Waals surface area contributed by atoms with E-state index in [0.29, 0.717) is 5.02 Å². The summed E-state index contributed by atoms with van der Waals surface area (Å²) >= 11 is 5.98. The molecule has 1 aromatic carbocycles. The molecule has 1 unspecified atom stereocenters. The van der Waals surface area contributed by atoms with E-state index < -0.39 is 0 Å². The number of benzene rings is 1. The van der Waals surface area contributed by atoms with Gasteiger partial charge in [-0.1, -0.05) is 30.7 Å². The first-order valence-corrected chi connectivity index (χ1v) is 6.04. The second kappa shape index (κ2) is 5.30. The molecule has 17 heavy (non-hydrogen) atoms. The zero-order valence-corrected chi connectivity index (χ0v) is 10.5. The Bertz CT molecular complexity index is 511. The number of pyridine rings is 1. The molecule has 2 nitrogen and oxygen atoms in total. The van der Waals surface area contributed by atoms with Crippen molar-refractivity contribution < 1.29 is 0 Å². The average molecular weight is 247 g/mol. The fourth-order valence-electron chi connectivity index (χ4n) is 1.92. The van der Waals surface area contributed by atoms with Crippen molar-refractivity contribution in [3.8, 4) is 0 Å². The molecular weight excluding hydrogens is 232 g/mol. The molecule has 0 saturated heterocycles. The SMILES string of the molecule is CCc1cnccc1C(N)c1cccc(Cl)c1. The predicted molar refractivity (Wildman–Crippen MR) is 71.1 cm³/mol. The molecule has 0 saturated carbocycles. The minimum absolute atomic E-state index is 0.147. The molecule has 0 radical (unpaired) electrons. The van der Waals surface area contributed by atoms with Gasteiger partial charge in [-0.25, -0.2) is 0 Å². The van der Waals surface area contributed by atoms with Crippen molar-refractivity contribution in [2.45, 2.75) is 19.4 Å². The van der Waals surface area contributed by atoms with Gasteiger partial charge in [0, 0.05) is 17.4 Å². The van der Waals surface area contributed by atoms with Gasteiger partial charge in [0.25, 0.3) is 0 Å². The molecule has 0 amide bonds. The van der Waals surface area contributed by atoms with Crippen molar-refractivity contribution in [2.75, 3.05) is 0 Å². The zero-order chi connectivity index (χ0) is 12.3. The van der Waals surface area contributed by atoms with E-state index in [1.165, 1.54) is 5.56 Å². The Morgan fingerprint density at radius 2 is 2.18 bits per heavy atom. The maximum Gasteiger partial charge on any atom is 0.0556 e. The lowest BCUT2D eigenvalue weighted by Crippen LogP contribution is -2.14. The van der Waals surface area contributed by atoms with Crippen molar-refractivity contribution in [1.82, 2.24) is 4.98 Å². The van der Waals surface area contributed by atoms with E-state index in [1.54, 1.807) is 6.20 Å². The van der Waals surface area contributed by atoms with Gasteiger partial charge in [0.1, 0.15) is 0 Å². The van der Waals surface area contributed by atoms with Gasteiger partial charge < -0.3 is 5.73 Å². The Morgan fingerprint density at radius 3 is 2.88 bits per heavy atom. The van der Waals surface area contributed by atoms with Gasteiger partial charge in [-0.15, -0.1) is 0 Å². The molecule has 1 aromatic heterocycles. The van der Waals surface area contributed by atoms with Crippen molar-refractivity contribution >= 4 is 11.6 Å². The normalized spacial score (nSPS) is 12.4. The van der Waals surface area contributed by atoms with E-state index in [9.17, 15) is 0 Å². The van der Waals surface area contributed by atoms with Crippen molar-refractivity contribution in [3.05, 3.63) is 64.4 Å². The van der Waals surface area contributed by atoms with Crippen LogP contribution in [0.3, 0.4) is 0 Å². The molecule has 0 spiro atoms. The third-order valence-electron chi connectivity index (χ3n) is 2.87. The van der Waals surface area contributed by atoms with E-state index in [0.717, 1.165) is 17.5 Å². The summed E-state index contributed by atoms with van der Waals surface area (Å²) in [5.41, 5.74) is 9.60. The maximum atomic E-state index is 6.28. The largest absolute Gasteiger partial charge is 0.320 e. The molecule has 0 aliphatic heterocycles. The van der Waals surface area contributed by atoms with Crippen molar-refractivity contribution in [1.29, 1.82) is 0 Å². The fourth-order valence-corrected chi connectivity index (χ4v) is 2.12. The summed E-state index contributed by atoms with van der Waals surface area (Å²) in [4.78, 5) is 4.13. The van der Waals surface area contributed by atoms with Crippen LogP contribution in [0.25, 0.3) is 0 Å². The molecule has 0 aliphatic carbocycles. The number of hydrogen-bond donors (Lipinski definition) is 1. The van der Waals surface area contributed by atoms with Crippen molar-refractivity contribution in [3.63, 3.8) is 0 Å². The van der Waals surface area contributed by atoms with Gasteiger partial charge in [0.05, 0.1) is 6.04 Å². The number of nitrogens with zero attached hydrogens (tertiary/aromatic N) is 1. The third-order valence-corrected chi connectivity index (χ3v) is 3.10. The van der Waals surface area contributed by atoms with Crippen LogP contribution in [-0.2, 0) is 6.42 Å². The van der Waals surface area contributed by atoms with Crippen LogP contribution < -0.4 is 5.73 Å². The summed E-state index contributed by atoms with van der Waals surface area (Å²) in [7, 11) is 0. The molecule has 2 rings (SSSR count). The zero-order valence-electron chi connectivity index (χ0n) is 9.73. The Balaban J connectivity index is 2.40. The van der Waals surface area contributed by atoms with Crippen LogP contribution in [0.2, 0.25) is 5.02 Å². The summed E-state index contributed by atoms with van der Waals surface area (Å²) in [6.45, 7) is 2.10. The molecule has 88 valence electrons. The highest BCUT2D eigenvalue weighted by Gasteiger charge is 2.12. The molecule has 0 aliphatic rings. The van der Waals surface area contributed by atoms with Crippen LogP contribution in [-0.4, -0.2) is 4.98 Å². The van der Waals surface area contributed by atoms with Gasteiger partial charge in [-0.3, -0.25) is 4.98 Å². The van der Waals surface area contributed by atoms with Crippen LogP contribution >= 0.6 is 11.6 Å². The summed E-state index contributed by atoms with van der Waals surface area (Å²) in [5, 5.41) is 0.713. The Hall–Kier alpha value is -1.38. The Morgan fingerprint density at radius 1 is 1.35 bits per heavy atom. The summed E-state index contributed by atoms with van der Waals surface area (Å²) < 4.78 is 0. The highest BCUT2D eigenvalue weighted by atomic mass is 35.5. The van der Waals surface area contributed by atoms with Crippen LogP contribution in [0.15, 0.2) is 42.7 Å². The molecule has 3 heteroatoms. The van der Waals surface area contributed by atoms with Crippen LogP contribution in [0.5, 0.6) is 0 Å². The molecule has 2 N–H and O–H groups in total. The van der Waals surface area contributed by atoms with E-state index in [2.05, 4.69) is 11.9 Å². The lowest BCUT2D eigenvalue weighted by atomic mass is 9.96. The summed E-state index contributed by atoms with van der Waals surface area (Å²) in [6, 6.07) is 9.51. The van der Waals surface area contributed by atoms with Gasteiger partial charge in [0.15, 0.2) is 0 Å². The highest BCUT2D eigenvalue weighted by Crippen LogP contribution is 2.24. The lowest BCUT2D eigenvalue weighted by Gasteiger charge is -2.16. The van der Waals surface area contributed by atoms with E-state index in [-0.39, 0.29) is 6.04 Å². The minimum Gasteiger partial charge on any atom is -0.320 e. The number of aromatic nitrogens is 1. The third kappa shape index (κ3) is 2.65. The maximum absolute atomic E-state index is 6.28. The molecule has 1 atom stereocenters.